The largest absolute Gasteiger partial charge is 0.511 e. The molecule has 0 bridgehead atoms. The predicted octanol–water partition coefficient (Wildman–Crippen LogP) is 6.40. The normalized spacial score (nSPS) is 26.7. The Morgan fingerprint density at radius 2 is 1.75 bits per heavy atom. The van der Waals surface area contributed by atoms with Crippen molar-refractivity contribution in [2.75, 3.05) is 18.4 Å². The van der Waals surface area contributed by atoms with Crippen LogP contribution in [0, 0.1) is 17.2 Å². The number of alkyl halides is 3. The highest BCUT2D eigenvalue weighted by molar-refractivity contribution is 7.90. The van der Waals surface area contributed by atoms with E-state index in [1.165, 1.54) is 12.1 Å². The number of carbonyl (C=O) groups is 2. The summed E-state index contributed by atoms with van der Waals surface area (Å²) in [6.07, 6.45) is 0.424. The van der Waals surface area contributed by atoms with Gasteiger partial charge in [-0.3, -0.25) is 9.59 Å². The number of carbonyl (C=O) groups excluding carboxylic acids is 2. The van der Waals surface area contributed by atoms with Crippen molar-refractivity contribution in [2.45, 2.75) is 75.4 Å². The van der Waals surface area contributed by atoms with E-state index in [1.54, 1.807) is 24.3 Å². The fraction of sp³-hybridized carbons (Fsp3) is 0.533. The van der Waals surface area contributed by atoms with Gasteiger partial charge in [-0.25, -0.2) is 12.8 Å². The Bertz CT molecular complexity index is 1590. The first kappa shape index (κ1) is 33.1. The number of rotatable bonds is 6. The number of anilines is 1. The van der Waals surface area contributed by atoms with Crippen molar-refractivity contribution in [1.82, 2.24) is 9.62 Å². The van der Waals surface area contributed by atoms with Crippen molar-refractivity contribution in [3.05, 3.63) is 63.4 Å². The van der Waals surface area contributed by atoms with Crippen LogP contribution in [0.3, 0.4) is 0 Å². The highest BCUT2D eigenvalue weighted by atomic mass is 35.5. The van der Waals surface area contributed by atoms with E-state index in [2.05, 4.69) is 10.6 Å². The molecule has 4 atom stereocenters. The van der Waals surface area contributed by atoms with E-state index in [9.17, 15) is 31.2 Å². The zero-order chi connectivity index (χ0) is 32.4. The average molecular weight is 679 g/mol. The lowest BCUT2D eigenvalue weighted by atomic mass is 9.62. The van der Waals surface area contributed by atoms with Gasteiger partial charge in [0, 0.05) is 42.2 Å². The Hall–Kier alpha value is -2.25. The number of nitrogens with one attached hydrogen (secondary N) is 2. The molecule has 3 heterocycles. The van der Waals surface area contributed by atoms with Crippen LogP contribution in [0.5, 0.6) is 0 Å². The van der Waals surface area contributed by atoms with E-state index in [1.807, 2.05) is 20.8 Å². The molecule has 5 rings (SSSR count). The number of piperidine rings is 1. The SMILES string of the molecule is CC(C)(C)C[C@H]1N[C@@H](C(=O)CC2CCN(S(=O)(=O)C(F)(F)F)CC2)[C@H](c2cccc(Cl)c2F)[C@@]12C(=O)Nc1cc(Cl)ccc12. The average Bonchev–Trinajstić information content (AvgIpc) is 3.39. The molecule has 2 saturated heterocycles. The third kappa shape index (κ3) is 5.65. The third-order valence-corrected chi connectivity index (χ3v) is 11.1. The Balaban J connectivity index is 1.55. The molecule has 0 aromatic heterocycles. The summed E-state index contributed by atoms with van der Waals surface area (Å²) in [6.45, 7) is 5.22. The first-order chi connectivity index (χ1) is 20.4. The molecular formula is C30H33Cl2F4N3O4S. The van der Waals surface area contributed by atoms with E-state index < -0.39 is 56.6 Å². The van der Waals surface area contributed by atoms with E-state index >= 15 is 4.39 Å². The van der Waals surface area contributed by atoms with Gasteiger partial charge in [-0.15, -0.1) is 0 Å². The monoisotopic (exact) mass is 677 g/mol. The number of fused-ring (bicyclic) bond motifs is 2. The van der Waals surface area contributed by atoms with Crippen molar-refractivity contribution >= 4 is 50.6 Å². The maximum absolute atomic E-state index is 15.9. The summed E-state index contributed by atoms with van der Waals surface area (Å²) in [6, 6.07) is 7.73. The number of nitrogens with zero attached hydrogens (tertiary/aromatic N) is 1. The van der Waals surface area contributed by atoms with Crippen LogP contribution >= 0.6 is 23.2 Å². The van der Waals surface area contributed by atoms with Crippen molar-refractivity contribution in [1.29, 1.82) is 0 Å². The smallest absolute Gasteiger partial charge is 0.325 e. The third-order valence-electron chi connectivity index (χ3n) is 8.98. The number of ketones is 1. The lowest BCUT2D eigenvalue weighted by Crippen LogP contribution is -2.49. The van der Waals surface area contributed by atoms with Crippen LogP contribution in [0.2, 0.25) is 10.0 Å². The van der Waals surface area contributed by atoms with Gasteiger partial charge in [0.25, 0.3) is 0 Å². The molecule has 2 fully saturated rings. The van der Waals surface area contributed by atoms with Crippen LogP contribution in [-0.4, -0.2) is 55.1 Å². The first-order valence-electron chi connectivity index (χ1n) is 14.3. The summed E-state index contributed by atoms with van der Waals surface area (Å²) in [5.41, 5.74) is -6.05. The molecule has 0 radical (unpaired) electrons. The molecule has 1 spiro atoms. The van der Waals surface area contributed by atoms with Crippen molar-refractivity contribution in [3.8, 4) is 0 Å². The van der Waals surface area contributed by atoms with E-state index in [0.717, 1.165) is 0 Å². The van der Waals surface area contributed by atoms with E-state index in [0.29, 0.717) is 27.0 Å². The molecule has 2 N–H and O–H groups in total. The van der Waals surface area contributed by atoms with Crippen LogP contribution < -0.4 is 10.6 Å². The number of hydrogen-bond acceptors (Lipinski definition) is 5. The van der Waals surface area contributed by atoms with Gasteiger partial charge in [0.2, 0.25) is 5.91 Å². The lowest BCUT2D eigenvalue weighted by Gasteiger charge is -2.38. The number of benzene rings is 2. The minimum Gasteiger partial charge on any atom is -0.325 e. The minimum absolute atomic E-state index is 0.0440. The highest BCUT2D eigenvalue weighted by Crippen LogP contribution is 2.57. The summed E-state index contributed by atoms with van der Waals surface area (Å²) in [4.78, 5) is 28.4. The van der Waals surface area contributed by atoms with Crippen LogP contribution in [-0.2, 0) is 25.0 Å². The molecule has 0 aliphatic carbocycles. The maximum atomic E-state index is 15.9. The summed E-state index contributed by atoms with van der Waals surface area (Å²) in [5.74, 6) is -2.96. The van der Waals surface area contributed by atoms with Crippen LogP contribution in [0.15, 0.2) is 36.4 Å². The summed E-state index contributed by atoms with van der Waals surface area (Å²) in [7, 11) is -5.47. The van der Waals surface area contributed by atoms with Crippen molar-refractivity contribution < 1.29 is 35.6 Å². The Kier molecular flexibility index (Phi) is 8.67. The Morgan fingerprint density at radius 3 is 2.36 bits per heavy atom. The minimum atomic E-state index is -5.47. The van der Waals surface area contributed by atoms with Crippen molar-refractivity contribution in [2.24, 2.45) is 11.3 Å². The molecule has 2 aromatic rings. The molecule has 7 nitrogen and oxygen atoms in total. The molecule has 2 aromatic carbocycles. The topological polar surface area (TPSA) is 95.6 Å². The predicted molar refractivity (Wildman–Crippen MR) is 160 cm³/mol. The number of Topliss-reactive ketones (excluding diaryl/α,β-unsaturated/α-hetero) is 1. The van der Waals surface area contributed by atoms with Gasteiger partial charge in [-0.2, -0.15) is 17.5 Å². The molecule has 3 aliphatic rings. The van der Waals surface area contributed by atoms with Gasteiger partial charge in [0.05, 0.1) is 11.1 Å². The van der Waals surface area contributed by atoms with Gasteiger partial charge in [-0.1, -0.05) is 62.2 Å². The maximum Gasteiger partial charge on any atom is 0.511 e. The molecule has 0 saturated carbocycles. The summed E-state index contributed by atoms with van der Waals surface area (Å²) in [5, 5.41) is 6.52. The van der Waals surface area contributed by atoms with Gasteiger partial charge < -0.3 is 10.6 Å². The van der Waals surface area contributed by atoms with E-state index in [-0.39, 0.29) is 54.1 Å². The second-order valence-electron chi connectivity index (χ2n) is 13.1. The first-order valence-corrected chi connectivity index (χ1v) is 16.5. The molecular weight excluding hydrogens is 645 g/mol. The molecule has 0 unspecified atom stereocenters. The van der Waals surface area contributed by atoms with Crippen LogP contribution in [0.1, 0.15) is 63.5 Å². The van der Waals surface area contributed by atoms with E-state index in [4.69, 9.17) is 23.2 Å². The second-order valence-corrected chi connectivity index (χ2v) is 15.8. The Labute approximate surface area is 263 Å². The summed E-state index contributed by atoms with van der Waals surface area (Å²) >= 11 is 12.5. The fourth-order valence-corrected chi connectivity index (χ4v) is 8.45. The number of amides is 1. The summed E-state index contributed by atoms with van der Waals surface area (Å²) < 4.78 is 79.3. The molecule has 44 heavy (non-hydrogen) atoms. The standard InChI is InChI=1S/C30H33Cl2F4N3O4S/c1-28(2,3)15-23-29(19-8-7-17(31)14-21(19)37-27(29)41)24(18-5-4-6-20(32)25(18)33)26(38-23)22(40)13-16-9-11-39(12-10-16)44(42,43)30(34,35)36/h4-8,14,16,23-24,26,38H,9-13,15H2,1-3H3,(H,37,41)/t23-,24+,26+,29+/m1/s1. The van der Waals surface area contributed by atoms with Crippen molar-refractivity contribution in [3.63, 3.8) is 0 Å². The van der Waals surface area contributed by atoms with Gasteiger partial charge in [0.15, 0.2) is 5.78 Å². The molecule has 3 aliphatic heterocycles. The number of hydrogen-bond donors (Lipinski definition) is 2. The zero-order valence-electron chi connectivity index (χ0n) is 24.3. The van der Waals surface area contributed by atoms with Crippen LogP contribution in [0.4, 0.5) is 23.2 Å². The quantitative estimate of drug-likeness (QED) is 0.345. The highest BCUT2D eigenvalue weighted by Gasteiger charge is 2.66. The molecule has 240 valence electrons. The molecule has 1 amide bonds. The lowest BCUT2D eigenvalue weighted by molar-refractivity contribution is -0.123. The second kappa shape index (κ2) is 11.5. The van der Waals surface area contributed by atoms with Gasteiger partial charge >= 0.3 is 15.5 Å². The zero-order valence-corrected chi connectivity index (χ0v) is 26.6. The number of sulfonamides is 1. The van der Waals surface area contributed by atoms with Gasteiger partial charge in [0.1, 0.15) is 11.2 Å². The Morgan fingerprint density at radius 1 is 1.09 bits per heavy atom. The molecule has 14 heteroatoms. The number of halogens is 6. The van der Waals surface area contributed by atoms with Crippen LogP contribution in [0.25, 0.3) is 0 Å². The van der Waals surface area contributed by atoms with Gasteiger partial charge in [-0.05, 0) is 59.9 Å². The fourth-order valence-electron chi connectivity index (χ4n) is 7.12.